The Balaban J connectivity index is 2.55. The normalized spacial score (nSPS) is 11.2. The van der Waals surface area contributed by atoms with Crippen LogP contribution in [-0.4, -0.2) is 17.5 Å². The standard InChI is InChI=1S/C13H11NO2S/c1-8-7-17-12-11(13(15)16-2)9-5-3-4-6-10(9)14(8)12/h3-7H,1-2H3. The van der Waals surface area contributed by atoms with Crippen LogP contribution in [0.15, 0.2) is 29.6 Å². The van der Waals surface area contributed by atoms with Crippen LogP contribution >= 0.6 is 11.3 Å². The number of fused-ring (bicyclic) bond motifs is 3. The van der Waals surface area contributed by atoms with Crippen LogP contribution in [0.3, 0.4) is 0 Å². The van der Waals surface area contributed by atoms with E-state index in [-0.39, 0.29) is 5.97 Å². The van der Waals surface area contributed by atoms with Gasteiger partial charge in [-0.15, -0.1) is 11.3 Å². The Hall–Kier alpha value is -1.81. The van der Waals surface area contributed by atoms with E-state index >= 15 is 0 Å². The summed E-state index contributed by atoms with van der Waals surface area (Å²) in [4.78, 5) is 12.8. The molecule has 0 aliphatic rings. The van der Waals surface area contributed by atoms with E-state index in [9.17, 15) is 4.79 Å². The second kappa shape index (κ2) is 3.60. The van der Waals surface area contributed by atoms with E-state index in [1.165, 1.54) is 7.11 Å². The number of hydrogen-bond acceptors (Lipinski definition) is 3. The molecule has 0 spiro atoms. The molecule has 0 atom stereocenters. The second-order valence-corrected chi connectivity index (χ2v) is 4.76. The van der Waals surface area contributed by atoms with Gasteiger partial charge in [0.2, 0.25) is 0 Å². The zero-order valence-corrected chi connectivity index (χ0v) is 10.4. The van der Waals surface area contributed by atoms with Gasteiger partial charge in [-0.1, -0.05) is 18.2 Å². The summed E-state index contributed by atoms with van der Waals surface area (Å²) in [5.41, 5.74) is 2.86. The van der Waals surface area contributed by atoms with Crippen LogP contribution in [0.4, 0.5) is 0 Å². The van der Waals surface area contributed by atoms with Crippen molar-refractivity contribution in [3.63, 3.8) is 0 Å². The molecule has 3 nitrogen and oxygen atoms in total. The lowest BCUT2D eigenvalue weighted by Gasteiger charge is -1.96. The van der Waals surface area contributed by atoms with Crippen molar-refractivity contribution in [2.75, 3.05) is 7.11 Å². The van der Waals surface area contributed by atoms with Gasteiger partial charge in [-0.25, -0.2) is 4.79 Å². The summed E-state index contributed by atoms with van der Waals surface area (Å²) in [7, 11) is 1.42. The fourth-order valence-corrected chi connectivity index (χ4v) is 3.22. The largest absolute Gasteiger partial charge is 0.465 e. The summed E-state index contributed by atoms with van der Waals surface area (Å²) in [6.07, 6.45) is 0. The van der Waals surface area contributed by atoms with Crippen molar-refractivity contribution in [1.29, 1.82) is 0 Å². The van der Waals surface area contributed by atoms with E-state index in [1.807, 2.05) is 36.6 Å². The predicted molar refractivity (Wildman–Crippen MR) is 68.9 cm³/mol. The van der Waals surface area contributed by atoms with Crippen LogP contribution < -0.4 is 0 Å². The van der Waals surface area contributed by atoms with E-state index in [2.05, 4.69) is 4.40 Å². The molecule has 17 heavy (non-hydrogen) atoms. The quantitative estimate of drug-likeness (QED) is 0.616. The van der Waals surface area contributed by atoms with Gasteiger partial charge in [-0.3, -0.25) is 0 Å². The smallest absolute Gasteiger partial charge is 0.341 e. The van der Waals surface area contributed by atoms with Gasteiger partial charge in [0, 0.05) is 16.5 Å². The van der Waals surface area contributed by atoms with E-state index in [0.717, 1.165) is 21.4 Å². The number of benzene rings is 1. The summed E-state index contributed by atoms with van der Waals surface area (Å²) < 4.78 is 6.98. The molecule has 0 N–H and O–H groups in total. The molecule has 0 unspecified atom stereocenters. The second-order valence-electron chi connectivity index (χ2n) is 3.90. The highest BCUT2D eigenvalue weighted by Crippen LogP contribution is 2.32. The summed E-state index contributed by atoms with van der Waals surface area (Å²) in [6.45, 7) is 2.04. The van der Waals surface area contributed by atoms with Crippen molar-refractivity contribution >= 4 is 33.0 Å². The fraction of sp³-hybridized carbons (Fsp3) is 0.154. The Morgan fingerprint density at radius 3 is 2.88 bits per heavy atom. The van der Waals surface area contributed by atoms with E-state index in [1.54, 1.807) is 11.3 Å². The van der Waals surface area contributed by atoms with E-state index < -0.39 is 0 Å². The molecular weight excluding hydrogens is 234 g/mol. The minimum absolute atomic E-state index is 0.273. The van der Waals surface area contributed by atoms with Crippen LogP contribution in [0, 0.1) is 6.92 Å². The van der Waals surface area contributed by atoms with E-state index in [4.69, 9.17) is 4.74 Å². The number of para-hydroxylation sites is 1. The van der Waals surface area contributed by atoms with Gasteiger partial charge in [0.05, 0.1) is 12.6 Å². The van der Waals surface area contributed by atoms with Crippen LogP contribution in [0.25, 0.3) is 15.7 Å². The summed E-state index contributed by atoms with van der Waals surface area (Å²) >= 11 is 1.57. The number of hydrogen-bond donors (Lipinski definition) is 0. The number of aryl methyl sites for hydroxylation is 1. The molecule has 0 fully saturated rings. The third-order valence-corrected chi connectivity index (χ3v) is 3.98. The average Bonchev–Trinajstić information content (AvgIpc) is 2.87. The number of carbonyl (C=O) groups excluding carboxylic acids is 1. The lowest BCUT2D eigenvalue weighted by Crippen LogP contribution is -1.99. The number of esters is 1. The fourth-order valence-electron chi connectivity index (χ4n) is 2.17. The van der Waals surface area contributed by atoms with Crippen molar-refractivity contribution in [2.45, 2.75) is 6.92 Å². The summed E-state index contributed by atoms with van der Waals surface area (Å²) in [5.74, 6) is -0.273. The molecule has 0 amide bonds. The predicted octanol–water partition coefficient (Wildman–Crippen LogP) is 3.25. The lowest BCUT2D eigenvalue weighted by molar-refractivity contribution is 0.0605. The summed E-state index contributed by atoms with van der Waals surface area (Å²) in [5, 5.41) is 3.00. The monoisotopic (exact) mass is 245 g/mol. The minimum Gasteiger partial charge on any atom is -0.465 e. The minimum atomic E-state index is -0.273. The molecule has 0 aliphatic carbocycles. The average molecular weight is 245 g/mol. The van der Waals surface area contributed by atoms with Gasteiger partial charge in [-0.05, 0) is 13.0 Å². The Bertz CT molecular complexity index is 724. The molecule has 0 radical (unpaired) electrons. The molecule has 2 heterocycles. The number of aromatic nitrogens is 1. The molecule has 0 saturated carbocycles. The number of methoxy groups -OCH3 is 1. The number of nitrogens with zero attached hydrogens (tertiary/aromatic N) is 1. The molecule has 86 valence electrons. The maximum absolute atomic E-state index is 11.9. The maximum Gasteiger partial charge on any atom is 0.341 e. The van der Waals surface area contributed by atoms with Gasteiger partial charge in [0.1, 0.15) is 10.4 Å². The van der Waals surface area contributed by atoms with Crippen molar-refractivity contribution in [1.82, 2.24) is 4.40 Å². The maximum atomic E-state index is 11.9. The number of thiazole rings is 1. The number of rotatable bonds is 1. The van der Waals surface area contributed by atoms with Crippen molar-refractivity contribution in [3.8, 4) is 0 Å². The van der Waals surface area contributed by atoms with Gasteiger partial charge in [0.15, 0.2) is 0 Å². The number of carbonyl (C=O) groups is 1. The zero-order valence-electron chi connectivity index (χ0n) is 9.56. The van der Waals surface area contributed by atoms with Crippen LogP contribution in [0.5, 0.6) is 0 Å². The Labute approximate surface area is 102 Å². The first kappa shape index (κ1) is 10.4. The SMILES string of the molecule is COC(=O)c1c2ccccc2n2c(C)csc12. The highest BCUT2D eigenvalue weighted by molar-refractivity contribution is 7.16. The first-order valence-corrected chi connectivity index (χ1v) is 6.17. The number of ether oxygens (including phenoxy) is 1. The molecule has 0 aliphatic heterocycles. The highest BCUT2D eigenvalue weighted by Gasteiger charge is 2.20. The Morgan fingerprint density at radius 2 is 2.12 bits per heavy atom. The molecule has 0 saturated heterocycles. The third kappa shape index (κ3) is 1.31. The summed E-state index contributed by atoms with van der Waals surface area (Å²) in [6, 6.07) is 7.90. The van der Waals surface area contributed by atoms with Gasteiger partial charge in [0.25, 0.3) is 0 Å². The van der Waals surface area contributed by atoms with Gasteiger partial charge >= 0.3 is 5.97 Å². The topological polar surface area (TPSA) is 30.7 Å². The molecule has 0 bridgehead atoms. The van der Waals surface area contributed by atoms with Gasteiger partial charge < -0.3 is 9.14 Å². The molecule has 4 heteroatoms. The molecule has 3 rings (SSSR count). The zero-order chi connectivity index (χ0) is 12.0. The lowest BCUT2D eigenvalue weighted by atomic mass is 10.2. The molecule has 2 aromatic heterocycles. The van der Waals surface area contributed by atoms with Crippen LogP contribution in [0.1, 0.15) is 16.1 Å². The van der Waals surface area contributed by atoms with Crippen molar-refractivity contribution in [3.05, 3.63) is 40.9 Å². The third-order valence-electron chi connectivity index (χ3n) is 2.91. The van der Waals surface area contributed by atoms with Gasteiger partial charge in [-0.2, -0.15) is 0 Å². The van der Waals surface area contributed by atoms with Crippen LogP contribution in [-0.2, 0) is 4.74 Å². The molecule has 3 aromatic rings. The Kier molecular flexibility index (Phi) is 2.19. The van der Waals surface area contributed by atoms with E-state index in [0.29, 0.717) is 5.56 Å². The Morgan fingerprint density at radius 1 is 1.35 bits per heavy atom. The highest BCUT2D eigenvalue weighted by atomic mass is 32.1. The molecule has 1 aromatic carbocycles. The molecular formula is C13H11NO2S. The van der Waals surface area contributed by atoms with Crippen LogP contribution in [0.2, 0.25) is 0 Å². The first-order valence-electron chi connectivity index (χ1n) is 5.29. The van der Waals surface area contributed by atoms with Crippen molar-refractivity contribution in [2.24, 2.45) is 0 Å². The van der Waals surface area contributed by atoms with Crippen molar-refractivity contribution < 1.29 is 9.53 Å². The first-order chi connectivity index (χ1) is 8.24.